The van der Waals surface area contributed by atoms with Crippen molar-refractivity contribution in [3.05, 3.63) is 0 Å². The van der Waals surface area contributed by atoms with Gasteiger partial charge in [0.15, 0.2) is 0 Å². The largest absolute Gasteiger partial charge is 0.381 e. The Morgan fingerprint density at radius 3 is 2.94 bits per heavy atom. The van der Waals surface area contributed by atoms with Crippen molar-refractivity contribution in [1.82, 2.24) is 10.2 Å². The third-order valence-electron chi connectivity index (χ3n) is 3.60. The quantitative estimate of drug-likeness (QED) is 0.672. The highest BCUT2D eigenvalue weighted by atomic mass is 16.5. The van der Waals surface area contributed by atoms with Crippen molar-refractivity contribution in [2.75, 3.05) is 40.4 Å². The third kappa shape index (κ3) is 5.28. The van der Waals surface area contributed by atoms with Crippen molar-refractivity contribution >= 4 is 0 Å². The predicted molar refractivity (Wildman–Crippen MR) is 68.8 cm³/mol. The van der Waals surface area contributed by atoms with E-state index < -0.39 is 0 Å². The molecule has 0 bridgehead atoms. The van der Waals surface area contributed by atoms with Crippen LogP contribution >= 0.6 is 0 Å². The standard InChI is InChI=1S/C13H28N2O/c1-12(6-4-8-14-2)15(3)10-13-7-5-9-16-11-13/h12-14H,4-11H2,1-3H3. The van der Waals surface area contributed by atoms with Gasteiger partial charge in [-0.1, -0.05) is 0 Å². The van der Waals surface area contributed by atoms with Gasteiger partial charge in [-0.2, -0.15) is 0 Å². The van der Waals surface area contributed by atoms with E-state index in [1.54, 1.807) is 0 Å². The van der Waals surface area contributed by atoms with Gasteiger partial charge in [0.2, 0.25) is 0 Å². The van der Waals surface area contributed by atoms with Crippen molar-refractivity contribution < 1.29 is 4.74 Å². The minimum absolute atomic E-state index is 0.690. The summed E-state index contributed by atoms with van der Waals surface area (Å²) in [6, 6.07) is 0.690. The number of ether oxygens (including phenoxy) is 1. The number of nitrogens with zero attached hydrogens (tertiary/aromatic N) is 1. The molecule has 1 aliphatic rings. The van der Waals surface area contributed by atoms with Crippen LogP contribution in [0.25, 0.3) is 0 Å². The van der Waals surface area contributed by atoms with Crippen molar-refractivity contribution in [1.29, 1.82) is 0 Å². The Morgan fingerprint density at radius 2 is 2.31 bits per heavy atom. The molecule has 1 rings (SSSR count). The van der Waals surface area contributed by atoms with E-state index >= 15 is 0 Å². The van der Waals surface area contributed by atoms with E-state index in [1.165, 1.54) is 32.2 Å². The Balaban J connectivity index is 2.14. The Hall–Kier alpha value is -0.120. The van der Waals surface area contributed by atoms with Gasteiger partial charge in [-0.05, 0) is 59.2 Å². The van der Waals surface area contributed by atoms with Gasteiger partial charge in [0.1, 0.15) is 0 Å². The van der Waals surface area contributed by atoms with Gasteiger partial charge in [-0.3, -0.25) is 0 Å². The molecule has 2 unspecified atom stereocenters. The van der Waals surface area contributed by atoms with Crippen LogP contribution in [0.3, 0.4) is 0 Å². The molecule has 96 valence electrons. The predicted octanol–water partition coefficient (Wildman–Crippen LogP) is 1.73. The smallest absolute Gasteiger partial charge is 0.0506 e. The molecule has 2 atom stereocenters. The molecule has 1 saturated heterocycles. The molecule has 1 aliphatic heterocycles. The molecule has 0 saturated carbocycles. The molecule has 1 N–H and O–H groups in total. The molecule has 0 radical (unpaired) electrons. The lowest BCUT2D eigenvalue weighted by atomic mass is 10.0. The molecule has 0 aromatic rings. The van der Waals surface area contributed by atoms with Crippen LogP contribution in [0.4, 0.5) is 0 Å². The average Bonchev–Trinajstić information content (AvgIpc) is 2.30. The number of rotatable bonds is 7. The number of nitrogens with one attached hydrogen (secondary N) is 1. The molecular formula is C13H28N2O. The first-order valence-corrected chi connectivity index (χ1v) is 6.66. The van der Waals surface area contributed by atoms with Crippen LogP contribution < -0.4 is 5.32 Å². The van der Waals surface area contributed by atoms with E-state index in [2.05, 4.69) is 24.2 Å². The highest BCUT2D eigenvalue weighted by Crippen LogP contribution is 2.16. The van der Waals surface area contributed by atoms with E-state index in [4.69, 9.17) is 4.74 Å². The van der Waals surface area contributed by atoms with Crippen molar-refractivity contribution in [3.8, 4) is 0 Å². The average molecular weight is 228 g/mol. The van der Waals surface area contributed by atoms with E-state index in [9.17, 15) is 0 Å². The van der Waals surface area contributed by atoms with Gasteiger partial charge in [0.05, 0.1) is 6.61 Å². The van der Waals surface area contributed by atoms with Crippen LogP contribution in [0, 0.1) is 5.92 Å². The van der Waals surface area contributed by atoms with E-state index in [0.717, 1.165) is 25.7 Å². The molecule has 0 aliphatic carbocycles. The fraction of sp³-hybridized carbons (Fsp3) is 1.00. The van der Waals surface area contributed by atoms with Crippen molar-refractivity contribution in [2.45, 2.75) is 38.6 Å². The maximum atomic E-state index is 5.52. The lowest BCUT2D eigenvalue weighted by Crippen LogP contribution is -2.36. The summed E-state index contributed by atoms with van der Waals surface area (Å²) in [6.45, 7) is 6.59. The van der Waals surface area contributed by atoms with Crippen molar-refractivity contribution in [3.63, 3.8) is 0 Å². The van der Waals surface area contributed by atoms with Crippen LogP contribution in [-0.2, 0) is 4.74 Å². The summed E-state index contributed by atoms with van der Waals surface area (Å²) in [5.41, 5.74) is 0. The lowest BCUT2D eigenvalue weighted by molar-refractivity contribution is 0.0366. The molecule has 16 heavy (non-hydrogen) atoms. The zero-order chi connectivity index (χ0) is 11.8. The normalized spacial score (nSPS) is 23.6. The molecule has 0 aromatic carbocycles. The second-order valence-corrected chi connectivity index (χ2v) is 5.12. The van der Waals surface area contributed by atoms with Gasteiger partial charge in [-0.25, -0.2) is 0 Å². The molecular weight excluding hydrogens is 200 g/mol. The molecule has 1 heterocycles. The van der Waals surface area contributed by atoms with Gasteiger partial charge in [0, 0.05) is 19.2 Å². The van der Waals surface area contributed by atoms with Gasteiger partial charge < -0.3 is 15.0 Å². The molecule has 3 heteroatoms. The zero-order valence-electron chi connectivity index (χ0n) is 11.2. The summed E-state index contributed by atoms with van der Waals surface area (Å²) in [7, 11) is 4.27. The topological polar surface area (TPSA) is 24.5 Å². The highest BCUT2D eigenvalue weighted by Gasteiger charge is 2.18. The van der Waals surface area contributed by atoms with Crippen molar-refractivity contribution in [2.24, 2.45) is 5.92 Å². The SMILES string of the molecule is CNCCCC(C)N(C)CC1CCCOC1. The molecule has 3 nitrogen and oxygen atoms in total. The summed E-state index contributed by atoms with van der Waals surface area (Å²) < 4.78 is 5.52. The van der Waals surface area contributed by atoms with Crippen LogP contribution in [0.5, 0.6) is 0 Å². The lowest BCUT2D eigenvalue weighted by Gasteiger charge is -2.31. The van der Waals surface area contributed by atoms with Gasteiger partial charge in [-0.15, -0.1) is 0 Å². The van der Waals surface area contributed by atoms with Gasteiger partial charge in [0.25, 0.3) is 0 Å². The Labute approximate surface area is 101 Å². The maximum Gasteiger partial charge on any atom is 0.0506 e. The molecule has 0 spiro atoms. The monoisotopic (exact) mass is 228 g/mol. The van der Waals surface area contributed by atoms with Crippen LogP contribution in [0.1, 0.15) is 32.6 Å². The Morgan fingerprint density at radius 1 is 1.50 bits per heavy atom. The van der Waals surface area contributed by atoms with Crippen LogP contribution in [-0.4, -0.2) is 51.3 Å². The third-order valence-corrected chi connectivity index (χ3v) is 3.60. The minimum atomic E-state index is 0.690. The summed E-state index contributed by atoms with van der Waals surface area (Å²) >= 11 is 0. The summed E-state index contributed by atoms with van der Waals surface area (Å²) in [4.78, 5) is 2.50. The minimum Gasteiger partial charge on any atom is -0.381 e. The molecule has 0 amide bonds. The molecule has 1 fully saturated rings. The Kier molecular flexibility index (Phi) is 7.01. The first-order valence-electron chi connectivity index (χ1n) is 6.66. The van der Waals surface area contributed by atoms with Crippen LogP contribution in [0.2, 0.25) is 0 Å². The first-order chi connectivity index (χ1) is 7.74. The second kappa shape index (κ2) is 8.04. The zero-order valence-corrected chi connectivity index (χ0v) is 11.2. The summed E-state index contributed by atoms with van der Waals surface area (Å²) in [5.74, 6) is 0.755. The summed E-state index contributed by atoms with van der Waals surface area (Å²) in [5, 5.41) is 3.20. The van der Waals surface area contributed by atoms with E-state index in [0.29, 0.717) is 6.04 Å². The first kappa shape index (κ1) is 13.9. The number of hydrogen-bond acceptors (Lipinski definition) is 3. The number of hydrogen-bond donors (Lipinski definition) is 1. The maximum absolute atomic E-state index is 5.52. The molecule has 0 aromatic heterocycles. The highest BCUT2D eigenvalue weighted by molar-refractivity contribution is 4.71. The fourth-order valence-electron chi connectivity index (χ4n) is 2.33. The van der Waals surface area contributed by atoms with E-state index in [-0.39, 0.29) is 0 Å². The Bertz CT molecular complexity index is 169. The van der Waals surface area contributed by atoms with Gasteiger partial charge >= 0.3 is 0 Å². The van der Waals surface area contributed by atoms with Crippen LogP contribution in [0.15, 0.2) is 0 Å². The van der Waals surface area contributed by atoms with E-state index in [1.807, 2.05) is 7.05 Å². The summed E-state index contributed by atoms with van der Waals surface area (Å²) in [6.07, 6.45) is 5.13. The second-order valence-electron chi connectivity index (χ2n) is 5.12. The fourth-order valence-corrected chi connectivity index (χ4v) is 2.33.